The Hall–Kier alpha value is 0.781. The van der Waals surface area contributed by atoms with E-state index in [1.54, 1.807) is 0 Å². The van der Waals surface area contributed by atoms with Crippen molar-refractivity contribution in [1.29, 1.82) is 0 Å². The summed E-state index contributed by atoms with van der Waals surface area (Å²) in [6.45, 7) is 22.1. The number of hydrogen-bond acceptors (Lipinski definition) is 1. The predicted octanol–water partition coefficient (Wildman–Crippen LogP) is 4.50. The summed E-state index contributed by atoms with van der Waals surface area (Å²) in [5.41, 5.74) is 2.59. The average Bonchev–Trinajstić information content (AvgIpc) is 1.75. The molecule has 0 atom stereocenters. The molecule has 1 nitrogen and oxygen atoms in total. The highest BCUT2D eigenvalue weighted by Gasteiger charge is 2.33. The highest BCUT2D eigenvalue weighted by molar-refractivity contribution is 7.50. The van der Waals surface area contributed by atoms with Crippen LogP contribution in [0, 0.1) is 0 Å². The van der Waals surface area contributed by atoms with Crippen LogP contribution in [-0.2, 0) is 0 Å². The van der Waals surface area contributed by atoms with Gasteiger partial charge in [-0.15, -0.1) is 0 Å². The van der Waals surface area contributed by atoms with Gasteiger partial charge in [0.05, 0.1) is 8.07 Å². The monoisotopic (exact) mass is 277 g/mol. The number of nitrogens with zero attached hydrogens (tertiary/aromatic N) is 1. The zero-order chi connectivity index (χ0) is 12.5. The molecule has 0 aromatic carbocycles. The predicted molar refractivity (Wildman–Crippen MR) is 84.9 cm³/mol. The van der Waals surface area contributed by atoms with Crippen molar-refractivity contribution >= 4 is 38.3 Å². The van der Waals surface area contributed by atoms with Gasteiger partial charge in [-0.3, -0.25) is 0 Å². The molecule has 0 saturated heterocycles. The Balaban J connectivity index is 4.94. The van der Waals surface area contributed by atoms with E-state index in [0.29, 0.717) is 0 Å². The van der Waals surface area contributed by atoms with Gasteiger partial charge < -0.3 is 4.00 Å². The molecule has 0 aliphatic rings. The summed E-state index contributed by atoms with van der Waals surface area (Å²) in [6.07, 6.45) is 0. The van der Waals surface area contributed by atoms with Crippen LogP contribution in [0.2, 0.25) is 58.9 Å². The van der Waals surface area contributed by atoms with E-state index in [-0.39, 0.29) is 0 Å². The first-order valence-corrected chi connectivity index (χ1v) is 17.1. The SMILES string of the molecule is C[Si](C)(C)C=PN([Si](C)(C)C)[Si](C)(C)C. The molecule has 0 heterocycles. The van der Waals surface area contributed by atoms with Crippen molar-refractivity contribution in [3.8, 4) is 0 Å². The third kappa shape index (κ3) is 6.85. The largest absolute Gasteiger partial charge is 0.300 e. The van der Waals surface area contributed by atoms with Gasteiger partial charge in [0.1, 0.15) is 16.5 Å². The summed E-state index contributed by atoms with van der Waals surface area (Å²) >= 11 is 0. The molecule has 0 rings (SSSR count). The smallest absolute Gasteiger partial charge is 0.120 e. The average molecular weight is 278 g/mol. The molecule has 0 N–H and O–H groups in total. The van der Waals surface area contributed by atoms with Gasteiger partial charge in [-0.05, 0) is 8.35 Å². The van der Waals surface area contributed by atoms with Gasteiger partial charge in [0.15, 0.2) is 0 Å². The van der Waals surface area contributed by atoms with Crippen molar-refractivity contribution in [2.75, 3.05) is 0 Å². The molecule has 0 saturated carbocycles. The Labute approximate surface area is 101 Å². The second-order valence-electron chi connectivity index (χ2n) is 7.26. The van der Waals surface area contributed by atoms with Gasteiger partial charge in [-0.2, -0.15) is 0 Å². The van der Waals surface area contributed by atoms with Crippen LogP contribution in [0.15, 0.2) is 0 Å². The standard InChI is InChI=1S/C10H28NPSi3/c1-13(2,3)10-12-11(14(4,5)6)15(7,8)9/h10H,1-9H3. The van der Waals surface area contributed by atoms with Crippen LogP contribution >= 0.6 is 8.35 Å². The Morgan fingerprint density at radius 3 is 1.27 bits per heavy atom. The quantitative estimate of drug-likeness (QED) is 0.540. The number of rotatable bonds is 4. The molecule has 0 aromatic heterocycles. The Morgan fingerprint density at radius 1 is 0.733 bits per heavy atom. The first-order valence-electron chi connectivity index (χ1n) is 5.69. The zero-order valence-corrected chi connectivity index (χ0v) is 15.9. The van der Waals surface area contributed by atoms with Gasteiger partial charge in [-0.1, -0.05) is 64.3 Å². The minimum Gasteiger partial charge on any atom is -0.300 e. The van der Waals surface area contributed by atoms with E-state index in [0.717, 1.165) is 0 Å². The maximum Gasteiger partial charge on any atom is 0.120 e. The van der Waals surface area contributed by atoms with Gasteiger partial charge in [-0.25, -0.2) is 0 Å². The zero-order valence-electron chi connectivity index (χ0n) is 12.0. The van der Waals surface area contributed by atoms with Crippen LogP contribution in [0.3, 0.4) is 0 Å². The molecule has 0 aliphatic heterocycles. The molecule has 0 radical (unpaired) electrons. The summed E-state index contributed by atoms with van der Waals surface area (Å²) in [7, 11) is -1.80. The van der Waals surface area contributed by atoms with Crippen LogP contribution in [0.5, 0.6) is 0 Å². The lowest BCUT2D eigenvalue weighted by Crippen LogP contribution is -2.53. The van der Waals surface area contributed by atoms with Crippen LogP contribution < -0.4 is 0 Å². The van der Waals surface area contributed by atoms with Crippen LogP contribution in [0.1, 0.15) is 0 Å². The van der Waals surface area contributed by atoms with Crippen molar-refractivity contribution in [2.24, 2.45) is 0 Å². The number of hydrogen-bond donors (Lipinski definition) is 0. The summed E-state index contributed by atoms with van der Waals surface area (Å²) in [6, 6.07) is 0. The Kier molecular flexibility index (Phi) is 5.22. The van der Waals surface area contributed by atoms with Crippen molar-refractivity contribution in [3.05, 3.63) is 0 Å². The van der Waals surface area contributed by atoms with Crippen molar-refractivity contribution < 1.29 is 0 Å². The van der Waals surface area contributed by atoms with E-state index in [1.165, 1.54) is 8.35 Å². The highest BCUT2D eigenvalue weighted by atomic mass is 31.1. The molecule has 0 unspecified atom stereocenters. The maximum atomic E-state index is 2.83. The van der Waals surface area contributed by atoms with Gasteiger partial charge in [0.2, 0.25) is 0 Å². The minimum absolute atomic E-state index is 1.01. The summed E-state index contributed by atoms with van der Waals surface area (Å²) in [5.74, 6) is 0. The van der Waals surface area contributed by atoms with Crippen LogP contribution in [0.4, 0.5) is 0 Å². The first-order chi connectivity index (χ1) is 6.34. The summed E-state index contributed by atoms with van der Waals surface area (Å²) in [4.78, 5) is 0. The maximum absolute atomic E-state index is 2.83. The normalized spacial score (nSPS) is 15.3. The van der Waals surface area contributed by atoms with Crippen LogP contribution in [-0.4, -0.2) is 34.0 Å². The summed E-state index contributed by atoms with van der Waals surface area (Å²) < 4.78 is 2.83. The highest BCUT2D eigenvalue weighted by Crippen LogP contribution is 2.28. The van der Waals surface area contributed by atoms with E-state index in [1.807, 2.05) is 0 Å². The molecular weight excluding hydrogens is 249 g/mol. The molecule has 90 valence electrons. The summed E-state index contributed by atoms with van der Waals surface area (Å²) in [5, 5.41) is 0. The fourth-order valence-corrected chi connectivity index (χ4v) is 15.3. The fourth-order valence-electron chi connectivity index (χ4n) is 1.58. The second kappa shape index (κ2) is 4.96. The molecule has 15 heavy (non-hydrogen) atoms. The van der Waals surface area contributed by atoms with Crippen LogP contribution in [0.25, 0.3) is 0 Å². The topological polar surface area (TPSA) is 3.24 Å². The van der Waals surface area contributed by atoms with E-state index in [2.05, 4.69) is 68.3 Å². The van der Waals surface area contributed by atoms with E-state index < -0.39 is 24.5 Å². The lowest BCUT2D eigenvalue weighted by atomic mass is 11.8. The van der Waals surface area contributed by atoms with E-state index in [9.17, 15) is 0 Å². The van der Waals surface area contributed by atoms with Crippen molar-refractivity contribution in [2.45, 2.75) is 58.9 Å². The molecule has 0 fully saturated rings. The third-order valence-corrected chi connectivity index (χ3v) is 16.5. The van der Waals surface area contributed by atoms with Gasteiger partial charge >= 0.3 is 0 Å². The molecule has 0 spiro atoms. The van der Waals surface area contributed by atoms with E-state index >= 15 is 0 Å². The third-order valence-electron chi connectivity index (χ3n) is 1.83. The van der Waals surface area contributed by atoms with Crippen molar-refractivity contribution in [3.63, 3.8) is 0 Å². The van der Waals surface area contributed by atoms with Crippen molar-refractivity contribution in [1.82, 2.24) is 4.00 Å². The molecule has 0 aromatic rings. The van der Waals surface area contributed by atoms with E-state index in [4.69, 9.17) is 0 Å². The minimum atomic E-state index is -1.15. The fraction of sp³-hybridized carbons (Fsp3) is 0.900. The Morgan fingerprint density at radius 2 is 1.07 bits per heavy atom. The molecule has 0 aliphatic carbocycles. The first kappa shape index (κ1) is 15.8. The molecule has 0 amide bonds. The lowest BCUT2D eigenvalue weighted by Gasteiger charge is -2.40. The van der Waals surface area contributed by atoms with Gasteiger partial charge in [0, 0.05) is 0 Å². The Bertz CT molecular complexity index is 219. The van der Waals surface area contributed by atoms with Gasteiger partial charge in [0.25, 0.3) is 0 Å². The molecule has 0 bridgehead atoms. The molecular formula is C10H28NPSi3. The lowest BCUT2D eigenvalue weighted by molar-refractivity contribution is 0.999. The second-order valence-corrected chi connectivity index (χ2v) is 24.4. The molecule has 5 heteroatoms.